The van der Waals surface area contributed by atoms with Gasteiger partial charge in [0, 0.05) is 41.6 Å². The van der Waals surface area contributed by atoms with Crippen molar-refractivity contribution < 1.29 is 31.4 Å². The number of aliphatic hydroxyl groups is 1. The Bertz CT molecular complexity index is 1520. The van der Waals surface area contributed by atoms with Gasteiger partial charge in [0.25, 0.3) is 0 Å². The second kappa shape index (κ2) is 8.65. The summed E-state index contributed by atoms with van der Waals surface area (Å²) < 4.78 is 70.4. The number of pyridine rings is 1. The molecule has 182 valence electrons. The molecule has 35 heavy (non-hydrogen) atoms. The molecule has 2 aromatic heterocycles. The molecule has 2 unspecified atom stereocenters. The van der Waals surface area contributed by atoms with Crippen molar-refractivity contribution in [3.05, 3.63) is 77.6 Å². The number of benzene rings is 2. The first-order valence-corrected chi connectivity index (χ1v) is 12.7. The molecular formula is C24H20F3N3O4S. The zero-order valence-corrected chi connectivity index (χ0v) is 19.2. The van der Waals surface area contributed by atoms with Crippen molar-refractivity contribution in [3.63, 3.8) is 0 Å². The van der Waals surface area contributed by atoms with E-state index in [2.05, 4.69) is 9.97 Å². The Balaban J connectivity index is 1.61. The van der Waals surface area contributed by atoms with Crippen molar-refractivity contribution in [2.24, 2.45) is 0 Å². The Hall–Kier alpha value is -3.44. The van der Waals surface area contributed by atoms with Crippen LogP contribution in [0.5, 0.6) is 5.75 Å². The maximum absolute atomic E-state index is 15.0. The summed E-state index contributed by atoms with van der Waals surface area (Å²) in [5, 5.41) is 10.6. The van der Waals surface area contributed by atoms with Crippen LogP contribution in [0.4, 0.5) is 13.2 Å². The van der Waals surface area contributed by atoms with Crippen molar-refractivity contribution in [1.82, 2.24) is 14.5 Å². The van der Waals surface area contributed by atoms with Crippen LogP contribution in [0.1, 0.15) is 35.6 Å². The minimum Gasteiger partial charge on any atom is -0.434 e. The number of ether oxygens (including phenoxy) is 1. The number of aliphatic hydroxyl groups excluding tert-OH is 1. The number of nitrogens with zero attached hydrogens (tertiary/aromatic N) is 3. The van der Waals surface area contributed by atoms with Crippen molar-refractivity contribution in [1.29, 1.82) is 0 Å². The first kappa shape index (κ1) is 23.3. The fourth-order valence-electron chi connectivity index (χ4n) is 4.50. The maximum atomic E-state index is 15.0. The number of sulfone groups is 1. The second-order valence-corrected chi connectivity index (χ2v) is 10.6. The van der Waals surface area contributed by atoms with Gasteiger partial charge in [-0.25, -0.2) is 17.8 Å². The SMILES string of the molecule is CS(=O)(=O)Cc1ccc(-c2cc3c(cc2F)nc2n3C(c3ccccc3OC(F)F)CC2O)cn1. The third-order valence-corrected chi connectivity index (χ3v) is 6.72. The van der Waals surface area contributed by atoms with E-state index in [1.165, 1.54) is 24.4 Å². The molecule has 3 heterocycles. The van der Waals surface area contributed by atoms with Gasteiger partial charge in [-0.15, -0.1) is 0 Å². The highest BCUT2D eigenvalue weighted by atomic mass is 32.2. The fraction of sp³-hybridized carbons (Fsp3) is 0.250. The monoisotopic (exact) mass is 503 g/mol. The van der Waals surface area contributed by atoms with Crippen LogP contribution in [0.2, 0.25) is 0 Å². The van der Waals surface area contributed by atoms with E-state index < -0.39 is 34.4 Å². The summed E-state index contributed by atoms with van der Waals surface area (Å²) in [6.07, 6.45) is 1.71. The Kier molecular flexibility index (Phi) is 5.76. The van der Waals surface area contributed by atoms with Gasteiger partial charge in [0.2, 0.25) is 0 Å². The van der Waals surface area contributed by atoms with Gasteiger partial charge in [-0.1, -0.05) is 24.3 Å². The Labute approximate surface area is 198 Å². The second-order valence-electron chi connectivity index (χ2n) is 8.45. The van der Waals surface area contributed by atoms with E-state index in [9.17, 15) is 22.3 Å². The Morgan fingerprint density at radius 1 is 1.20 bits per heavy atom. The summed E-state index contributed by atoms with van der Waals surface area (Å²) in [6.45, 7) is -3.01. The lowest BCUT2D eigenvalue weighted by Gasteiger charge is -2.19. The van der Waals surface area contributed by atoms with Crippen molar-refractivity contribution in [2.75, 3.05) is 6.26 Å². The number of hydrogen-bond acceptors (Lipinski definition) is 6. The van der Waals surface area contributed by atoms with Crippen LogP contribution in [0.15, 0.2) is 54.7 Å². The molecule has 0 saturated heterocycles. The molecule has 0 amide bonds. The molecule has 5 rings (SSSR count). The summed E-state index contributed by atoms with van der Waals surface area (Å²) in [7, 11) is -3.27. The van der Waals surface area contributed by atoms with Gasteiger partial charge in [0.15, 0.2) is 9.84 Å². The Morgan fingerprint density at radius 2 is 1.97 bits per heavy atom. The van der Waals surface area contributed by atoms with E-state index >= 15 is 4.39 Å². The van der Waals surface area contributed by atoms with Crippen molar-refractivity contribution in [3.8, 4) is 16.9 Å². The molecule has 0 spiro atoms. The van der Waals surface area contributed by atoms with Crippen LogP contribution in [0.25, 0.3) is 22.2 Å². The van der Waals surface area contributed by atoms with E-state index in [4.69, 9.17) is 4.74 Å². The molecule has 4 aromatic rings. The van der Waals surface area contributed by atoms with E-state index in [1.54, 1.807) is 34.9 Å². The number of halogens is 3. The smallest absolute Gasteiger partial charge is 0.387 e. The minimum absolute atomic E-state index is 0.0117. The first-order valence-electron chi connectivity index (χ1n) is 10.7. The molecule has 2 atom stereocenters. The van der Waals surface area contributed by atoms with E-state index in [-0.39, 0.29) is 23.5 Å². The van der Waals surface area contributed by atoms with Crippen LogP contribution in [-0.4, -0.2) is 40.9 Å². The van der Waals surface area contributed by atoms with Crippen LogP contribution < -0.4 is 4.74 Å². The molecule has 1 N–H and O–H groups in total. The van der Waals surface area contributed by atoms with Gasteiger partial charge in [-0.2, -0.15) is 8.78 Å². The summed E-state index contributed by atoms with van der Waals surface area (Å²) in [4.78, 5) is 8.53. The van der Waals surface area contributed by atoms with Gasteiger partial charge in [-0.05, 0) is 18.2 Å². The number of imidazole rings is 1. The minimum atomic E-state index is -3.27. The molecule has 2 aromatic carbocycles. The molecule has 1 aliphatic heterocycles. The zero-order valence-electron chi connectivity index (χ0n) is 18.4. The average Bonchev–Trinajstić information content (AvgIpc) is 3.29. The van der Waals surface area contributed by atoms with Gasteiger partial charge in [0.1, 0.15) is 23.5 Å². The third-order valence-electron chi connectivity index (χ3n) is 5.90. The summed E-state index contributed by atoms with van der Waals surface area (Å²) >= 11 is 0. The maximum Gasteiger partial charge on any atom is 0.387 e. The van der Waals surface area contributed by atoms with Gasteiger partial charge in [-0.3, -0.25) is 4.98 Å². The normalized spacial score (nSPS) is 17.8. The lowest BCUT2D eigenvalue weighted by atomic mass is 10.0. The fourth-order valence-corrected chi connectivity index (χ4v) is 5.21. The van der Waals surface area contributed by atoms with E-state index in [0.29, 0.717) is 33.7 Å². The lowest BCUT2D eigenvalue weighted by molar-refractivity contribution is -0.0507. The van der Waals surface area contributed by atoms with Gasteiger partial charge < -0.3 is 14.4 Å². The molecule has 0 aliphatic carbocycles. The Morgan fingerprint density at radius 3 is 2.66 bits per heavy atom. The molecule has 11 heteroatoms. The van der Waals surface area contributed by atoms with Crippen LogP contribution in [0, 0.1) is 5.82 Å². The molecule has 0 bridgehead atoms. The van der Waals surface area contributed by atoms with Crippen LogP contribution in [0.3, 0.4) is 0 Å². The lowest BCUT2D eigenvalue weighted by Crippen LogP contribution is -2.10. The first-order chi connectivity index (χ1) is 16.6. The topological polar surface area (TPSA) is 94.3 Å². The number of alkyl halides is 2. The summed E-state index contributed by atoms with van der Waals surface area (Å²) in [5.41, 5.74) is 2.22. The van der Waals surface area contributed by atoms with Crippen molar-refractivity contribution in [2.45, 2.75) is 30.9 Å². The van der Waals surface area contributed by atoms with Gasteiger partial charge in [0.05, 0.1) is 28.5 Å². The number of hydrogen-bond donors (Lipinski definition) is 1. The molecule has 0 fully saturated rings. The van der Waals surface area contributed by atoms with Crippen molar-refractivity contribution >= 4 is 20.9 Å². The highest BCUT2D eigenvalue weighted by Crippen LogP contribution is 2.44. The molecule has 7 nitrogen and oxygen atoms in total. The predicted molar refractivity (Wildman–Crippen MR) is 122 cm³/mol. The third kappa shape index (κ3) is 4.48. The zero-order chi connectivity index (χ0) is 24.9. The largest absolute Gasteiger partial charge is 0.434 e. The van der Waals surface area contributed by atoms with E-state index in [1.807, 2.05) is 0 Å². The van der Waals surface area contributed by atoms with Gasteiger partial charge >= 0.3 is 6.61 Å². The molecule has 0 radical (unpaired) electrons. The summed E-state index contributed by atoms with van der Waals surface area (Å²) in [5.74, 6) is -0.512. The highest BCUT2D eigenvalue weighted by molar-refractivity contribution is 7.89. The molecular weight excluding hydrogens is 483 g/mol. The standard InChI is InChI=1S/C24H20F3N3O4S/c1-35(32,33)12-14-7-6-13(11-28-14)16-8-20-18(9-17(16)25)29-23-21(31)10-19(30(20)23)15-4-2-3-5-22(15)34-24(26)27/h2-9,11,19,21,24,31H,10,12H2,1H3. The number of para-hydroxylation sites is 1. The average molecular weight is 504 g/mol. The highest BCUT2D eigenvalue weighted by Gasteiger charge is 2.36. The quantitative estimate of drug-likeness (QED) is 0.419. The molecule has 1 aliphatic rings. The predicted octanol–water partition coefficient (Wildman–Crippen LogP) is 4.41. The van der Waals surface area contributed by atoms with Crippen LogP contribution >= 0.6 is 0 Å². The number of rotatable bonds is 6. The van der Waals surface area contributed by atoms with Crippen LogP contribution in [-0.2, 0) is 15.6 Å². The number of fused-ring (bicyclic) bond motifs is 3. The number of aromatic nitrogens is 3. The van der Waals surface area contributed by atoms with E-state index in [0.717, 1.165) is 6.26 Å². The molecule has 0 saturated carbocycles. The summed E-state index contributed by atoms with van der Waals surface area (Å²) in [6, 6.07) is 11.7.